The topological polar surface area (TPSA) is 63.3 Å². The Bertz CT molecular complexity index is 831. The molecule has 3 nitrogen and oxygen atoms in total. The van der Waals surface area contributed by atoms with E-state index >= 15 is 0 Å². The molecule has 0 saturated carbocycles. The van der Waals surface area contributed by atoms with Gasteiger partial charge in [0.1, 0.15) is 17.7 Å². The Morgan fingerprint density at radius 3 is 2.38 bits per heavy atom. The summed E-state index contributed by atoms with van der Waals surface area (Å²) in [5.41, 5.74) is 9.41. The molecule has 0 heterocycles. The summed E-state index contributed by atoms with van der Waals surface area (Å²) in [5, 5.41) is 9.00. The number of rotatable bonds is 7. The Hall–Kier alpha value is -2.53. The van der Waals surface area contributed by atoms with E-state index < -0.39 is 23.6 Å². The third kappa shape index (κ3) is 4.55. The van der Waals surface area contributed by atoms with Crippen LogP contribution in [0.5, 0.6) is 0 Å². The Labute approximate surface area is 152 Å². The normalized spacial score (nSPS) is 12.9. The van der Waals surface area contributed by atoms with Crippen LogP contribution in [-0.2, 0) is 17.6 Å². The quantitative estimate of drug-likeness (QED) is 0.774. The molecule has 0 radical (unpaired) electrons. The first-order valence-corrected chi connectivity index (χ1v) is 8.63. The number of hydrogen-bond donors (Lipinski definition) is 2. The summed E-state index contributed by atoms with van der Waals surface area (Å²) in [4.78, 5) is 11.0. The molecule has 0 aromatic heterocycles. The predicted octanol–water partition coefficient (Wildman–Crippen LogP) is 4.32. The summed E-state index contributed by atoms with van der Waals surface area (Å²) >= 11 is 0. The fourth-order valence-corrected chi connectivity index (χ4v) is 2.90. The minimum absolute atomic E-state index is 0.0401. The second-order valence-corrected chi connectivity index (χ2v) is 6.11. The molecule has 5 heteroatoms. The molecule has 1 unspecified atom stereocenters. The van der Waals surface area contributed by atoms with Crippen LogP contribution in [0, 0.1) is 11.6 Å². The summed E-state index contributed by atoms with van der Waals surface area (Å²) in [6.07, 6.45) is 3.36. The van der Waals surface area contributed by atoms with E-state index in [0.29, 0.717) is 5.57 Å². The number of carbonyl (C=O) groups is 1. The Morgan fingerprint density at radius 1 is 1.12 bits per heavy atom. The van der Waals surface area contributed by atoms with Gasteiger partial charge in [-0.3, -0.25) is 4.79 Å². The van der Waals surface area contributed by atoms with Gasteiger partial charge in [0, 0.05) is 11.6 Å². The van der Waals surface area contributed by atoms with Crippen molar-refractivity contribution in [1.82, 2.24) is 0 Å². The molecule has 0 bridgehead atoms. The van der Waals surface area contributed by atoms with Gasteiger partial charge in [0.05, 0.1) is 0 Å². The number of aliphatic carboxylic acids is 1. The average molecular weight is 359 g/mol. The van der Waals surface area contributed by atoms with Crippen molar-refractivity contribution in [3.8, 4) is 0 Å². The van der Waals surface area contributed by atoms with Crippen LogP contribution >= 0.6 is 0 Å². The number of aryl methyl sites for hydroxylation is 2. The van der Waals surface area contributed by atoms with Crippen molar-refractivity contribution >= 4 is 11.5 Å². The van der Waals surface area contributed by atoms with Gasteiger partial charge in [-0.25, -0.2) is 8.78 Å². The molecule has 0 aliphatic rings. The van der Waals surface area contributed by atoms with E-state index in [1.54, 1.807) is 6.08 Å². The molecule has 0 aliphatic heterocycles. The van der Waals surface area contributed by atoms with Gasteiger partial charge in [-0.05, 0) is 53.7 Å². The zero-order valence-electron chi connectivity index (χ0n) is 14.9. The molecule has 0 fully saturated rings. The fraction of sp³-hybridized carbons (Fsp3) is 0.286. The van der Waals surface area contributed by atoms with Gasteiger partial charge in [-0.15, -0.1) is 0 Å². The molecule has 1 atom stereocenters. The van der Waals surface area contributed by atoms with E-state index in [1.165, 1.54) is 17.7 Å². The number of nitrogens with two attached hydrogens (primary N) is 1. The lowest BCUT2D eigenvalue weighted by Gasteiger charge is -2.14. The zero-order valence-corrected chi connectivity index (χ0v) is 14.9. The SMILES string of the molecule is CCc1ccc(/C(=C/CC(N)C(=O)O)c2ccc(F)cc2F)cc1CC. The smallest absolute Gasteiger partial charge is 0.320 e. The third-order valence-corrected chi connectivity index (χ3v) is 4.39. The van der Waals surface area contributed by atoms with Crippen LogP contribution in [0.15, 0.2) is 42.5 Å². The molecule has 0 spiro atoms. The standard InChI is InChI=1S/C21H23F2NO2/c1-3-13-5-6-15(11-14(13)4-2)17(9-10-20(24)21(25)26)18-8-7-16(22)12-19(18)23/h5-9,11-12,20H,3-4,10,24H2,1-2H3,(H,25,26)/b17-9-. The largest absolute Gasteiger partial charge is 0.480 e. The fourth-order valence-electron chi connectivity index (χ4n) is 2.90. The lowest BCUT2D eigenvalue weighted by atomic mass is 9.91. The van der Waals surface area contributed by atoms with E-state index in [-0.39, 0.29) is 12.0 Å². The predicted molar refractivity (Wildman–Crippen MR) is 98.9 cm³/mol. The summed E-state index contributed by atoms with van der Waals surface area (Å²) < 4.78 is 27.7. The van der Waals surface area contributed by atoms with Crippen LogP contribution in [0.3, 0.4) is 0 Å². The molecule has 138 valence electrons. The zero-order chi connectivity index (χ0) is 19.3. The summed E-state index contributed by atoms with van der Waals surface area (Å²) in [7, 11) is 0. The van der Waals surface area contributed by atoms with Gasteiger partial charge in [-0.2, -0.15) is 0 Å². The van der Waals surface area contributed by atoms with Crippen LogP contribution in [0.2, 0.25) is 0 Å². The molecule has 2 aromatic carbocycles. The highest BCUT2D eigenvalue weighted by molar-refractivity contribution is 5.81. The van der Waals surface area contributed by atoms with Crippen molar-refractivity contribution in [2.75, 3.05) is 0 Å². The van der Waals surface area contributed by atoms with Crippen LogP contribution in [0.25, 0.3) is 5.57 Å². The van der Waals surface area contributed by atoms with Crippen LogP contribution in [0.1, 0.15) is 42.5 Å². The molecule has 0 aliphatic carbocycles. The van der Waals surface area contributed by atoms with Crippen LogP contribution in [-0.4, -0.2) is 17.1 Å². The molecule has 0 saturated heterocycles. The van der Waals surface area contributed by atoms with E-state index in [2.05, 4.69) is 6.92 Å². The third-order valence-electron chi connectivity index (χ3n) is 4.39. The van der Waals surface area contributed by atoms with E-state index in [1.807, 2.05) is 25.1 Å². The van der Waals surface area contributed by atoms with Gasteiger partial charge in [0.25, 0.3) is 0 Å². The summed E-state index contributed by atoms with van der Waals surface area (Å²) in [5.74, 6) is -2.49. The van der Waals surface area contributed by atoms with E-state index in [4.69, 9.17) is 10.8 Å². The lowest BCUT2D eigenvalue weighted by molar-refractivity contribution is -0.138. The number of benzene rings is 2. The molecule has 2 rings (SSSR count). The van der Waals surface area contributed by atoms with Gasteiger partial charge >= 0.3 is 5.97 Å². The summed E-state index contributed by atoms with van der Waals surface area (Å²) in [6, 6.07) is 8.11. The van der Waals surface area contributed by atoms with Crippen molar-refractivity contribution in [2.24, 2.45) is 5.73 Å². The first-order valence-electron chi connectivity index (χ1n) is 8.63. The highest BCUT2D eigenvalue weighted by Gasteiger charge is 2.15. The van der Waals surface area contributed by atoms with Crippen LogP contribution in [0.4, 0.5) is 8.78 Å². The first kappa shape index (κ1) is 19.8. The number of carboxylic acids is 1. The second kappa shape index (κ2) is 8.72. The minimum atomic E-state index is -1.13. The van der Waals surface area contributed by atoms with Crippen molar-refractivity contribution in [1.29, 1.82) is 0 Å². The van der Waals surface area contributed by atoms with Crippen molar-refractivity contribution in [2.45, 2.75) is 39.2 Å². The highest BCUT2D eigenvalue weighted by Crippen LogP contribution is 2.29. The average Bonchev–Trinajstić information content (AvgIpc) is 2.62. The molecule has 26 heavy (non-hydrogen) atoms. The molecular weight excluding hydrogens is 336 g/mol. The molecule has 2 aromatic rings. The molecule has 0 amide bonds. The molecular formula is C21H23F2NO2. The van der Waals surface area contributed by atoms with Gasteiger partial charge in [0.15, 0.2) is 0 Å². The maximum atomic E-state index is 14.4. The number of hydrogen-bond acceptors (Lipinski definition) is 2. The van der Waals surface area contributed by atoms with Gasteiger partial charge in [0.2, 0.25) is 0 Å². The minimum Gasteiger partial charge on any atom is -0.480 e. The van der Waals surface area contributed by atoms with Crippen molar-refractivity contribution in [3.63, 3.8) is 0 Å². The second-order valence-electron chi connectivity index (χ2n) is 6.11. The van der Waals surface area contributed by atoms with Crippen LogP contribution < -0.4 is 5.73 Å². The van der Waals surface area contributed by atoms with Crippen molar-refractivity contribution < 1.29 is 18.7 Å². The number of carboxylic acid groups (broad SMARTS) is 1. The van der Waals surface area contributed by atoms with E-state index in [0.717, 1.165) is 30.0 Å². The number of halogens is 2. The maximum Gasteiger partial charge on any atom is 0.320 e. The van der Waals surface area contributed by atoms with E-state index in [9.17, 15) is 13.6 Å². The molecule has 3 N–H and O–H groups in total. The maximum absolute atomic E-state index is 14.4. The Balaban J connectivity index is 2.56. The monoisotopic (exact) mass is 359 g/mol. The highest BCUT2D eigenvalue weighted by atomic mass is 19.1. The van der Waals surface area contributed by atoms with Crippen molar-refractivity contribution in [3.05, 3.63) is 76.4 Å². The lowest BCUT2D eigenvalue weighted by Crippen LogP contribution is -2.29. The van der Waals surface area contributed by atoms with Gasteiger partial charge in [-0.1, -0.05) is 38.1 Å². The summed E-state index contributed by atoms with van der Waals surface area (Å²) in [6.45, 7) is 4.11. The Kier molecular flexibility index (Phi) is 6.64. The first-order chi connectivity index (χ1) is 12.4. The Morgan fingerprint density at radius 2 is 1.81 bits per heavy atom. The van der Waals surface area contributed by atoms with Gasteiger partial charge < -0.3 is 10.8 Å².